The zero-order valence-corrected chi connectivity index (χ0v) is 14.5. The number of alkyl halides is 2. The molecule has 0 unspecified atom stereocenters. The lowest BCUT2D eigenvalue weighted by Crippen LogP contribution is -2.37. The van der Waals surface area contributed by atoms with Gasteiger partial charge in [0.05, 0.1) is 11.8 Å². The normalized spacial score (nSPS) is 41.0. The van der Waals surface area contributed by atoms with E-state index in [0.29, 0.717) is 5.82 Å². The Kier molecular flexibility index (Phi) is 3.05. The van der Waals surface area contributed by atoms with E-state index in [1.807, 2.05) is 13.0 Å². The molecule has 6 heteroatoms. The van der Waals surface area contributed by atoms with Crippen LogP contribution in [0, 0.1) is 30.6 Å². The van der Waals surface area contributed by atoms with E-state index >= 15 is 0 Å². The molecule has 0 spiro atoms. The Hall–Kier alpha value is -0.750. The Bertz CT molecular complexity index is 618. The maximum Gasteiger partial charge on any atom is 0.239 e. The zero-order valence-electron chi connectivity index (χ0n) is 11.4. The molecule has 1 aliphatic heterocycles. The zero-order chi connectivity index (χ0) is 14.9. The Morgan fingerprint density at radius 1 is 1.14 bits per heavy atom. The van der Waals surface area contributed by atoms with E-state index in [0.717, 1.165) is 12.0 Å². The topological polar surface area (TPSA) is 50.3 Å². The van der Waals surface area contributed by atoms with Crippen LogP contribution in [0.1, 0.15) is 12.0 Å². The minimum atomic E-state index is -0.178. The van der Waals surface area contributed by atoms with E-state index in [2.05, 4.69) is 36.8 Å². The van der Waals surface area contributed by atoms with Crippen molar-refractivity contribution in [1.82, 2.24) is 4.98 Å². The number of halogens is 2. The summed E-state index contributed by atoms with van der Waals surface area (Å²) < 4.78 is 0. The summed E-state index contributed by atoms with van der Waals surface area (Å²) >= 11 is 7.38. The van der Waals surface area contributed by atoms with Crippen LogP contribution in [0.15, 0.2) is 18.3 Å². The molecule has 4 nitrogen and oxygen atoms in total. The number of pyridine rings is 1. The van der Waals surface area contributed by atoms with Crippen LogP contribution >= 0.6 is 31.9 Å². The van der Waals surface area contributed by atoms with Crippen molar-refractivity contribution >= 4 is 49.5 Å². The fourth-order valence-corrected chi connectivity index (χ4v) is 6.09. The molecule has 0 N–H and O–H groups in total. The fourth-order valence-electron chi connectivity index (χ4n) is 4.22. The average Bonchev–Trinajstić information content (AvgIpc) is 3.04. The van der Waals surface area contributed by atoms with Crippen LogP contribution in [-0.4, -0.2) is 26.5 Å². The van der Waals surface area contributed by atoms with E-state index in [-0.39, 0.29) is 45.1 Å². The molecule has 1 aromatic rings. The fraction of sp³-hybridized carbons (Fsp3) is 0.533. The third-order valence-corrected chi connectivity index (χ3v) is 8.32. The summed E-state index contributed by atoms with van der Waals surface area (Å²) in [5.74, 6) is 0.465. The van der Waals surface area contributed by atoms with Crippen molar-refractivity contribution in [2.45, 2.75) is 23.0 Å². The number of carbonyl (C=O) groups excluding carboxylic acids is 2. The predicted molar refractivity (Wildman–Crippen MR) is 85.5 cm³/mol. The van der Waals surface area contributed by atoms with E-state index in [4.69, 9.17) is 0 Å². The molecule has 2 amide bonds. The Morgan fingerprint density at radius 3 is 2.24 bits per heavy atom. The molecule has 1 aromatic heterocycles. The second-order valence-corrected chi connectivity index (χ2v) is 8.32. The SMILES string of the molecule is Cc1ccnc(N2C(=O)[C@H]3[C@@H]4C[C@@H]([C@H](Br)[C@@H]4Br)[C@@H]3C2=O)c1. The van der Waals surface area contributed by atoms with E-state index < -0.39 is 0 Å². The van der Waals surface area contributed by atoms with Crippen LogP contribution in [0.4, 0.5) is 5.82 Å². The highest BCUT2D eigenvalue weighted by atomic mass is 79.9. The van der Waals surface area contributed by atoms with Gasteiger partial charge in [-0.05, 0) is 42.9 Å². The van der Waals surface area contributed by atoms with Gasteiger partial charge in [-0.1, -0.05) is 31.9 Å². The minimum Gasteiger partial charge on any atom is -0.274 e. The molecule has 6 atom stereocenters. The quantitative estimate of drug-likeness (QED) is 0.525. The van der Waals surface area contributed by atoms with Crippen molar-refractivity contribution in [3.63, 3.8) is 0 Å². The van der Waals surface area contributed by atoms with Gasteiger partial charge in [0.15, 0.2) is 0 Å². The number of hydrogen-bond donors (Lipinski definition) is 0. The summed E-state index contributed by atoms with van der Waals surface area (Å²) in [4.78, 5) is 31.6. The van der Waals surface area contributed by atoms with Crippen molar-refractivity contribution in [3.05, 3.63) is 23.9 Å². The van der Waals surface area contributed by atoms with E-state index in [9.17, 15) is 9.59 Å². The van der Waals surface area contributed by atoms with Crippen LogP contribution in [-0.2, 0) is 9.59 Å². The number of fused-ring (bicyclic) bond motifs is 5. The molecule has 2 saturated carbocycles. The Morgan fingerprint density at radius 2 is 1.71 bits per heavy atom. The third-order valence-electron chi connectivity index (χ3n) is 5.12. The monoisotopic (exact) mass is 412 g/mol. The molecule has 2 heterocycles. The second kappa shape index (κ2) is 4.62. The molecule has 3 aliphatic rings. The smallest absolute Gasteiger partial charge is 0.239 e. The molecular weight excluding hydrogens is 400 g/mol. The summed E-state index contributed by atoms with van der Waals surface area (Å²) in [7, 11) is 0. The van der Waals surface area contributed by atoms with Gasteiger partial charge in [-0.25, -0.2) is 9.88 Å². The molecule has 2 bridgehead atoms. The van der Waals surface area contributed by atoms with Gasteiger partial charge in [0.1, 0.15) is 5.82 Å². The highest BCUT2D eigenvalue weighted by Crippen LogP contribution is 2.60. The Labute approximate surface area is 139 Å². The summed E-state index contributed by atoms with van der Waals surface area (Å²) in [6.45, 7) is 1.93. The number of imide groups is 1. The Balaban J connectivity index is 1.75. The van der Waals surface area contributed by atoms with Gasteiger partial charge in [0, 0.05) is 15.9 Å². The van der Waals surface area contributed by atoms with Gasteiger partial charge in [0.25, 0.3) is 0 Å². The van der Waals surface area contributed by atoms with Gasteiger partial charge in [-0.15, -0.1) is 0 Å². The maximum absolute atomic E-state index is 12.8. The van der Waals surface area contributed by atoms with Crippen LogP contribution in [0.25, 0.3) is 0 Å². The largest absolute Gasteiger partial charge is 0.274 e. The molecule has 0 aromatic carbocycles. The summed E-state index contributed by atoms with van der Waals surface area (Å²) in [5, 5.41) is 0. The second-order valence-electron chi connectivity index (χ2n) is 6.21. The summed E-state index contributed by atoms with van der Waals surface area (Å²) in [6.07, 6.45) is 2.60. The number of aromatic nitrogens is 1. The van der Waals surface area contributed by atoms with E-state index in [1.54, 1.807) is 12.3 Å². The summed E-state index contributed by atoms with van der Waals surface area (Å²) in [6, 6.07) is 3.66. The highest BCUT2D eigenvalue weighted by Gasteiger charge is 2.66. The first kappa shape index (κ1) is 13.9. The first-order valence-corrected chi connectivity index (χ1v) is 8.92. The van der Waals surface area contributed by atoms with Crippen LogP contribution in [0.5, 0.6) is 0 Å². The average molecular weight is 414 g/mol. The molecule has 3 fully saturated rings. The number of aryl methyl sites for hydroxylation is 1. The molecule has 0 radical (unpaired) electrons. The van der Waals surface area contributed by atoms with Crippen LogP contribution in [0.3, 0.4) is 0 Å². The van der Waals surface area contributed by atoms with Gasteiger partial charge in [0.2, 0.25) is 11.8 Å². The number of amides is 2. The lowest BCUT2D eigenvalue weighted by molar-refractivity contribution is -0.123. The molecular formula is C15H14Br2N2O2. The maximum atomic E-state index is 12.8. The number of rotatable bonds is 1. The van der Waals surface area contributed by atoms with Crippen molar-refractivity contribution in [1.29, 1.82) is 0 Å². The molecule has 2 aliphatic carbocycles. The van der Waals surface area contributed by atoms with E-state index in [1.165, 1.54) is 4.90 Å². The molecule has 110 valence electrons. The highest BCUT2D eigenvalue weighted by molar-refractivity contribution is 9.12. The minimum absolute atomic E-state index is 0.0700. The van der Waals surface area contributed by atoms with Crippen molar-refractivity contribution in [3.8, 4) is 0 Å². The van der Waals surface area contributed by atoms with Gasteiger partial charge >= 0.3 is 0 Å². The standard InChI is InChI=1S/C15H14Br2N2O2/c1-6-2-3-18-9(4-6)19-14(20)10-7-5-8(11(10)15(19)21)13(17)12(7)16/h2-4,7-8,10-13H,5H2,1H3/t7-,8+,10-,11-,12+,13-/m0/s1. The number of carbonyl (C=O) groups is 2. The number of anilines is 1. The van der Waals surface area contributed by atoms with Gasteiger partial charge in [-0.2, -0.15) is 0 Å². The van der Waals surface area contributed by atoms with Crippen LogP contribution < -0.4 is 4.90 Å². The third kappa shape index (κ3) is 1.75. The lowest BCUT2D eigenvalue weighted by Gasteiger charge is -2.28. The van der Waals surface area contributed by atoms with Crippen molar-refractivity contribution in [2.75, 3.05) is 4.90 Å². The first-order valence-electron chi connectivity index (χ1n) is 7.09. The van der Waals surface area contributed by atoms with Gasteiger partial charge < -0.3 is 0 Å². The lowest BCUT2D eigenvalue weighted by atomic mass is 9.81. The van der Waals surface area contributed by atoms with Crippen molar-refractivity contribution in [2.24, 2.45) is 23.7 Å². The predicted octanol–water partition coefficient (Wildman–Crippen LogP) is 2.67. The molecule has 1 saturated heterocycles. The van der Waals surface area contributed by atoms with Crippen molar-refractivity contribution < 1.29 is 9.59 Å². The molecule has 4 rings (SSSR count). The van der Waals surface area contributed by atoms with Gasteiger partial charge in [-0.3, -0.25) is 9.59 Å². The number of nitrogens with zero attached hydrogens (tertiary/aromatic N) is 2. The molecule has 21 heavy (non-hydrogen) atoms. The first-order chi connectivity index (χ1) is 10.0. The summed E-state index contributed by atoms with van der Waals surface area (Å²) in [5.41, 5.74) is 0.998. The van der Waals surface area contributed by atoms with Crippen LogP contribution in [0.2, 0.25) is 0 Å². The number of hydrogen-bond acceptors (Lipinski definition) is 3.